The highest BCUT2D eigenvalue weighted by Gasteiger charge is 2.25. The summed E-state index contributed by atoms with van der Waals surface area (Å²) in [5.41, 5.74) is 2.46. The molecule has 1 aliphatic rings. The van der Waals surface area contributed by atoms with Gasteiger partial charge in [-0.2, -0.15) is 0 Å². The third-order valence-electron chi connectivity index (χ3n) is 5.36. The van der Waals surface area contributed by atoms with Crippen LogP contribution in [-0.4, -0.2) is 34.0 Å². The fourth-order valence-electron chi connectivity index (χ4n) is 3.83. The van der Waals surface area contributed by atoms with E-state index in [-0.39, 0.29) is 5.92 Å². The van der Waals surface area contributed by atoms with Gasteiger partial charge in [0.05, 0.1) is 11.8 Å². The number of hydrogen-bond acceptors (Lipinski definition) is 4. The highest BCUT2D eigenvalue weighted by molar-refractivity contribution is 6.31. The standard InChI is InChI=1S/C23H23ClN2O3/c24-21-6-2-1-4-18(21)12-20-13-25-22(29-20)19-5-3-11-26(15-19)14-16-7-9-17(10-8-16)23(27)28/h1-2,4,6-10,13,19H,3,5,11-12,14-15H2,(H,27,28)/t19-/m1/s1. The van der Waals surface area contributed by atoms with E-state index in [0.717, 1.165) is 60.3 Å². The predicted octanol–water partition coefficient (Wildman–Crippen LogP) is 5.00. The molecule has 1 N–H and O–H groups in total. The largest absolute Gasteiger partial charge is 0.478 e. The van der Waals surface area contributed by atoms with Crippen molar-refractivity contribution in [3.8, 4) is 0 Å². The first-order chi connectivity index (χ1) is 14.1. The number of carboxylic acids is 1. The summed E-state index contributed by atoms with van der Waals surface area (Å²) in [5, 5.41) is 9.77. The van der Waals surface area contributed by atoms with Crippen molar-refractivity contribution in [2.24, 2.45) is 0 Å². The lowest BCUT2D eigenvalue weighted by molar-refractivity contribution is 0.0697. The molecule has 1 fully saturated rings. The Morgan fingerprint density at radius 2 is 2.00 bits per heavy atom. The number of aromatic carboxylic acids is 1. The first-order valence-electron chi connectivity index (χ1n) is 9.81. The quantitative estimate of drug-likeness (QED) is 0.619. The zero-order valence-corrected chi connectivity index (χ0v) is 16.8. The van der Waals surface area contributed by atoms with Crippen LogP contribution in [-0.2, 0) is 13.0 Å². The lowest BCUT2D eigenvalue weighted by Crippen LogP contribution is -2.34. The van der Waals surface area contributed by atoms with Crippen LogP contribution < -0.4 is 0 Å². The topological polar surface area (TPSA) is 66.6 Å². The summed E-state index contributed by atoms with van der Waals surface area (Å²) >= 11 is 6.25. The third-order valence-corrected chi connectivity index (χ3v) is 5.72. The molecule has 3 aromatic rings. The molecule has 0 radical (unpaired) electrons. The van der Waals surface area contributed by atoms with Gasteiger partial charge in [-0.1, -0.05) is 41.9 Å². The maximum Gasteiger partial charge on any atom is 0.335 e. The number of halogens is 1. The molecule has 0 saturated carbocycles. The Labute approximate surface area is 174 Å². The summed E-state index contributed by atoms with van der Waals surface area (Å²) in [6.45, 7) is 2.70. The molecule has 0 unspecified atom stereocenters. The average Bonchev–Trinajstić information content (AvgIpc) is 3.19. The van der Waals surface area contributed by atoms with Gasteiger partial charge in [0.1, 0.15) is 5.76 Å². The monoisotopic (exact) mass is 410 g/mol. The number of carbonyl (C=O) groups is 1. The van der Waals surface area contributed by atoms with Crippen molar-refractivity contribution in [3.05, 3.63) is 88.1 Å². The van der Waals surface area contributed by atoms with Gasteiger partial charge in [-0.3, -0.25) is 4.90 Å². The molecule has 5 nitrogen and oxygen atoms in total. The van der Waals surface area contributed by atoms with Crippen LogP contribution in [0.1, 0.15) is 51.9 Å². The van der Waals surface area contributed by atoms with Gasteiger partial charge in [0, 0.05) is 30.5 Å². The number of oxazole rings is 1. The molecule has 1 atom stereocenters. The number of carboxylic acid groups (broad SMARTS) is 1. The summed E-state index contributed by atoms with van der Waals surface area (Å²) in [7, 11) is 0. The van der Waals surface area contributed by atoms with Crippen molar-refractivity contribution in [2.75, 3.05) is 13.1 Å². The number of hydrogen-bond donors (Lipinski definition) is 1. The molecule has 29 heavy (non-hydrogen) atoms. The van der Waals surface area contributed by atoms with E-state index in [1.807, 2.05) is 42.6 Å². The van der Waals surface area contributed by atoms with Gasteiger partial charge < -0.3 is 9.52 Å². The molecule has 0 aliphatic carbocycles. The third kappa shape index (κ3) is 4.86. The second kappa shape index (κ2) is 8.80. The summed E-state index contributed by atoms with van der Waals surface area (Å²) in [4.78, 5) is 17.9. The van der Waals surface area contributed by atoms with Crippen LogP contribution in [0.15, 0.2) is 59.1 Å². The SMILES string of the molecule is O=C(O)c1ccc(CN2CCC[C@@H](c3ncc(Cc4ccccc4Cl)o3)C2)cc1. The van der Waals surface area contributed by atoms with Crippen molar-refractivity contribution in [3.63, 3.8) is 0 Å². The minimum Gasteiger partial charge on any atom is -0.478 e. The Morgan fingerprint density at radius 3 is 2.76 bits per heavy atom. The van der Waals surface area contributed by atoms with Crippen molar-refractivity contribution < 1.29 is 14.3 Å². The van der Waals surface area contributed by atoms with E-state index in [9.17, 15) is 4.79 Å². The van der Waals surface area contributed by atoms with Gasteiger partial charge in [-0.15, -0.1) is 0 Å². The van der Waals surface area contributed by atoms with Crippen molar-refractivity contribution in [1.29, 1.82) is 0 Å². The van der Waals surface area contributed by atoms with E-state index in [1.165, 1.54) is 0 Å². The van der Waals surface area contributed by atoms with Crippen LogP contribution in [0, 0.1) is 0 Å². The Kier molecular flexibility index (Phi) is 5.97. The van der Waals surface area contributed by atoms with Gasteiger partial charge in [0.15, 0.2) is 5.89 Å². The molecule has 1 aromatic heterocycles. The number of benzene rings is 2. The number of likely N-dealkylation sites (tertiary alicyclic amines) is 1. The first-order valence-corrected chi connectivity index (χ1v) is 10.2. The summed E-state index contributed by atoms with van der Waals surface area (Å²) in [6, 6.07) is 14.9. The normalized spacial score (nSPS) is 17.3. The molecule has 2 aromatic carbocycles. The van der Waals surface area contributed by atoms with Crippen LogP contribution in [0.4, 0.5) is 0 Å². The highest BCUT2D eigenvalue weighted by atomic mass is 35.5. The zero-order valence-electron chi connectivity index (χ0n) is 16.1. The Bertz CT molecular complexity index is 984. The number of nitrogens with zero attached hydrogens (tertiary/aromatic N) is 2. The van der Waals surface area contributed by atoms with Crippen LogP contribution >= 0.6 is 11.6 Å². The lowest BCUT2D eigenvalue weighted by Gasteiger charge is -2.31. The van der Waals surface area contributed by atoms with Crippen molar-refractivity contribution in [1.82, 2.24) is 9.88 Å². The van der Waals surface area contributed by atoms with Gasteiger partial charge in [0.2, 0.25) is 0 Å². The molecule has 1 aliphatic heterocycles. The molecular formula is C23H23ClN2O3. The maximum atomic E-state index is 11.0. The van der Waals surface area contributed by atoms with Crippen LogP contribution in [0.3, 0.4) is 0 Å². The van der Waals surface area contributed by atoms with Gasteiger partial charge in [0.25, 0.3) is 0 Å². The number of rotatable bonds is 6. The molecule has 4 rings (SSSR count). The van der Waals surface area contributed by atoms with Crippen molar-refractivity contribution in [2.45, 2.75) is 31.7 Å². The van der Waals surface area contributed by atoms with Crippen LogP contribution in [0.25, 0.3) is 0 Å². The Balaban J connectivity index is 1.39. The van der Waals surface area contributed by atoms with E-state index in [4.69, 9.17) is 21.1 Å². The molecule has 0 spiro atoms. The minimum absolute atomic E-state index is 0.266. The molecule has 6 heteroatoms. The molecule has 1 saturated heterocycles. The number of piperidine rings is 1. The summed E-state index contributed by atoms with van der Waals surface area (Å²) in [6.07, 6.45) is 4.59. The lowest BCUT2D eigenvalue weighted by atomic mass is 9.97. The smallest absolute Gasteiger partial charge is 0.335 e. The van der Waals surface area contributed by atoms with Crippen LogP contribution in [0.5, 0.6) is 0 Å². The van der Waals surface area contributed by atoms with Gasteiger partial charge in [-0.05, 0) is 48.7 Å². The van der Waals surface area contributed by atoms with Crippen LogP contribution in [0.2, 0.25) is 5.02 Å². The molecular weight excluding hydrogens is 388 g/mol. The van der Waals surface area contributed by atoms with Gasteiger partial charge >= 0.3 is 5.97 Å². The minimum atomic E-state index is -0.897. The van der Waals surface area contributed by atoms with Crippen molar-refractivity contribution >= 4 is 17.6 Å². The van der Waals surface area contributed by atoms with E-state index >= 15 is 0 Å². The average molecular weight is 411 g/mol. The Morgan fingerprint density at radius 1 is 1.21 bits per heavy atom. The Hall–Kier alpha value is -2.63. The second-order valence-electron chi connectivity index (χ2n) is 7.51. The maximum absolute atomic E-state index is 11.0. The van der Waals surface area contributed by atoms with E-state index < -0.39 is 5.97 Å². The first kappa shape index (κ1) is 19.7. The molecule has 150 valence electrons. The molecule has 0 bridgehead atoms. The summed E-state index contributed by atoms with van der Waals surface area (Å²) in [5.74, 6) is 0.987. The predicted molar refractivity (Wildman–Crippen MR) is 111 cm³/mol. The van der Waals surface area contributed by atoms with E-state index in [2.05, 4.69) is 9.88 Å². The zero-order chi connectivity index (χ0) is 20.2. The molecule has 0 amide bonds. The summed E-state index contributed by atoms with van der Waals surface area (Å²) < 4.78 is 6.06. The highest BCUT2D eigenvalue weighted by Crippen LogP contribution is 2.28. The van der Waals surface area contributed by atoms with Gasteiger partial charge in [-0.25, -0.2) is 9.78 Å². The fraction of sp³-hybridized carbons (Fsp3) is 0.304. The molecule has 2 heterocycles. The number of aromatic nitrogens is 1. The van der Waals surface area contributed by atoms with E-state index in [0.29, 0.717) is 12.0 Å². The van der Waals surface area contributed by atoms with E-state index in [1.54, 1.807) is 12.1 Å². The second-order valence-corrected chi connectivity index (χ2v) is 7.92. The fourth-order valence-corrected chi connectivity index (χ4v) is 4.04.